The molecule has 1 heterocycles. The highest BCUT2D eigenvalue weighted by atomic mass is 35.5. The molecule has 7 nitrogen and oxygen atoms in total. The molecule has 2 fully saturated rings. The molecule has 1 aromatic rings. The molecule has 0 aromatic heterocycles. The molecule has 1 aromatic carbocycles. The molecule has 0 atom stereocenters. The van der Waals surface area contributed by atoms with Crippen molar-refractivity contribution in [2.45, 2.75) is 44.6 Å². The summed E-state index contributed by atoms with van der Waals surface area (Å²) < 4.78 is 0. The van der Waals surface area contributed by atoms with Crippen LogP contribution in [0.5, 0.6) is 0 Å². The minimum atomic E-state index is -0.861. The number of piperazine rings is 1. The van der Waals surface area contributed by atoms with Gasteiger partial charge < -0.3 is 20.9 Å². The Bertz CT molecular complexity index is 746. The fourth-order valence-electron chi connectivity index (χ4n) is 3.84. The van der Waals surface area contributed by atoms with Crippen molar-refractivity contribution in [3.8, 4) is 0 Å². The lowest BCUT2D eigenvalue weighted by atomic mass is 9.80. The third kappa shape index (κ3) is 4.53. The van der Waals surface area contributed by atoms with Gasteiger partial charge in [0.05, 0.1) is 17.3 Å². The van der Waals surface area contributed by atoms with Crippen LogP contribution < -0.4 is 20.9 Å². The van der Waals surface area contributed by atoms with Crippen LogP contribution in [-0.4, -0.2) is 42.9 Å². The number of nitrogens with zero attached hydrogens (tertiary/aromatic N) is 1. The summed E-state index contributed by atoms with van der Waals surface area (Å²) in [5.74, 6) is -0.452. The highest BCUT2D eigenvalue weighted by Gasteiger charge is 2.40. The van der Waals surface area contributed by atoms with Gasteiger partial charge in [-0.05, 0) is 31.0 Å². The van der Waals surface area contributed by atoms with Crippen LogP contribution in [0.3, 0.4) is 0 Å². The van der Waals surface area contributed by atoms with E-state index >= 15 is 0 Å². The van der Waals surface area contributed by atoms with Crippen molar-refractivity contribution < 1.29 is 14.4 Å². The largest absolute Gasteiger partial charge is 0.359 e. The molecule has 0 unspecified atom stereocenters. The lowest BCUT2D eigenvalue weighted by Gasteiger charge is -2.36. The van der Waals surface area contributed by atoms with Gasteiger partial charge in [0.25, 0.3) is 0 Å². The van der Waals surface area contributed by atoms with Crippen molar-refractivity contribution >= 4 is 40.7 Å². The zero-order valence-electron chi connectivity index (χ0n) is 15.4. The molecule has 3 rings (SSSR count). The summed E-state index contributed by atoms with van der Waals surface area (Å²) in [6.45, 7) is 2.96. The number of hydrogen-bond donors (Lipinski definition) is 3. The van der Waals surface area contributed by atoms with Gasteiger partial charge in [-0.25, -0.2) is 0 Å². The molecule has 0 bridgehead atoms. The Morgan fingerprint density at radius 1 is 1.22 bits per heavy atom. The summed E-state index contributed by atoms with van der Waals surface area (Å²) in [4.78, 5) is 38.0. The van der Waals surface area contributed by atoms with Crippen LogP contribution in [0.25, 0.3) is 0 Å². The average molecular weight is 393 g/mol. The molecule has 1 aliphatic carbocycles. The van der Waals surface area contributed by atoms with Gasteiger partial charge in [0.1, 0.15) is 5.54 Å². The molecule has 1 saturated heterocycles. The van der Waals surface area contributed by atoms with E-state index in [9.17, 15) is 14.4 Å². The quantitative estimate of drug-likeness (QED) is 0.731. The van der Waals surface area contributed by atoms with E-state index in [1.54, 1.807) is 12.1 Å². The van der Waals surface area contributed by atoms with Crippen LogP contribution >= 0.6 is 11.6 Å². The summed E-state index contributed by atoms with van der Waals surface area (Å²) in [5.41, 5.74) is 0.476. The Kier molecular flexibility index (Phi) is 5.89. The molecule has 8 heteroatoms. The highest BCUT2D eigenvalue weighted by Crippen LogP contribution is 2.32. The van der Waals surface area contributed by atoms with E-state index in [0.717, 1.165) is 24.9 Å². The van der Waals surface area contributed by atoms with Gasteiger partial charge in [0, 0.05) is 25.7 Å². The van der Waals surface area contributed by atoms with Gasteiger partial charge in [0.15, 0.2) is 0 Å². The van der Waals surface area contributed by atoms with Crippen LogP contribution in [-0.2, 0) is 14.4 Å². The lowest BCUT2D eigenvalue weighted by Crippen LogP contribution is -2.57. The maximum Gasteiger partial charge on any atom is 0.250 e. The zero-order chi connectivity index (χ0) is 19.4. The van der Waals surface area contributed by atoms with Crippen molar-refractivity contribution in [1.29, 1.82) is 0 Å². The van der Waals surface area contributed by atoms with Gasteiger partial charge in [-0.1, -0.05) is 30.9 Å². The van der Waals surface area contributed by atoms with Crippen LogP contribution in [0.1, 0.15) is 39.0 Å². The van der Waals surface area contributed by atoms with Crippen LogP contribution in [0, 0.1) is 0 Å². The molecular formula is C19H25ClN4O3. The van der Waals surface area contributed by atoms with E-state index in [1.807, 2.05) is 11.0 Å². The van der Waals surface area contributed by atoms with Crippen LogP contribution in [0.4, 0.5) is 11.4 Å². The molecule has 3 N–H and O–H groups in total. The van der Waals surface area contributed by atoms with Gasteiger partial charge in [0.2, 0.25) is 17.7 Å². The molecule has 1 saturated carbocycles. The molecule has 3 amide bonds. The standard InChI is InChI=1S/C19H25ClN4O3/c1-13(25)23-19(7-3-2-4-8-19)18(27)22-14-5-6-16(15(20)11-14)24-10-9-21-17(26)12-24/h5-6,11H,2-4,7-10,12H2,1H3,(H,21,26)(H,22,27)(H,23,25). The number of amides is 3. The van der Waals surface area contributed by atoms with E-state index in [-0.39, 0.29) is 24.3 Å². The maximum absolute atomic E-state index is 12.9. The molecule has 2 aliphatic rings. The molecular weight excluding hydrogens is 368 g/mol. The second kappa shape index (κ2) is 8.17. The van der Waals surface area contributed by atoms with Gasteiger partial charge in [-0.3, -0.25) is 14.4 Å². The Labute approximate surface area is 163 Å². The first-order valence-corrected chi connectivity index (χ1v) is 9.69. The second-order valence-corrected chi connectivity index (χ2v) is 7.62. The van der Waals surface area contributed by atoms with E-state index in [0.29, 0.717) is 36.6 Å². The maximum atomic E-state index is 12.9. The minimum absolute atomic E-state index is 0.0377. The SMILES string of the molecule is CC(=O)NC1(C(=O)Nc2ccc(N3CCNC(=O)C3)c(Cl)c2)CCCCC1. The molecule has 27 heavy (non-hydrogen) atoms. The third-order valence-electron chi connectivity index (χ3n) is 5.14. The number of anilines is 2. The van der Waals surface area contributed by atoms with Crippen molar-refractivity contribution in [3.63, 3.8) is 0 Å². The van der Waals surface area contributed by atoms with Crippen LogP contribution in [0.15, 0.2) is 18.2 Å². The fraction of sp³-hybridized carbons (Fsp3) is 0.526. The topological polar surface area (TPSA) is 90.5 Å². The fourth-order valence-corrected chi connectivity index (χ4v) is 4.14. The summed E-state index contributed by atoms with van der Waals surface area (Å²) in [7, 11) is 0. The number of nitrogens with one attached hydrogen (secondary N) is 3. The summed E-state index contributed by atoms with van der Waals surface area (Å²) in [6.07, 6.45) is 4.15. The number of hydrogen-bond acceptors (Lipinski definition) is 4. The van der Waals surface area contributed by atoms with E-state index < -0.39 is 5.54 Å². The predicted molar refractivity (Wildman–Crippen MR) is 105 cm³/mol. The van der Waals surface area contributed by atoms with Gasteiger partial charge in [-0.15, -0.1) is 0 Å². The monoisotopic (exact) mass is 392 g/mol. The first kappa shape index (κ1) is 19.5. The average Bonchev–Trinajstić information content (AvgIpc) is 2.62. The number of benzene rings is 1. The van der Waals surface area contributed by atoms with Crippen molar-refractivity contribution in [2.24, 2.45) is 0 Å². The van der Waals surface area contributed by atoms with Gasteiger partial charge in [-0.2, -0.15) is 0 Å². The van der Waals surface area contributed by atoms with E-state index in [1.165, 1.54) is 6.92 Å². The number of carbonyl (C=O) groups is 3. The van der Waals surface area contributed by atoms with Crippen LogP contribution in [0.2, 0.25) is 5.02 Å². The lowest BCUT2D eigenvalue weighted by molar-refractivity contribution is -0.130. The Hall–Kier alpha value is -2.28. The molecule has 146 valence electrons. The number of carbonyl (C=O) groups excluding carboxylic acids is 3. The Morgan fingerprint density at radius 2 is 1.96 bits per heavy atom. The molecule has 1 aliphatic heterocycles. The normalized spacial score (nSPS) is 19.2. The van der Waals surface area contributed by atoms with Crippen molar-refractivity contribution in [1.82, 2.24) is 10.6 Å². The van der Waals surface area contributed by atoms with Crippen molar-refractivity contribution in [2.75, 3.05) is 29.9 Å². The van der Waals surface area contributed by atoms with E-state index in [4.69, 9.17) is 11.6 Å². The third-order valence-corrected chi connectivity index (χ3v) is 5.44. The Balaban J connectivity index is 1.74. The first-order chi connectivity index (χ1) is 12.9. The first-order valence-electron chi connectivity index (χ1n) is 9.31. The van der Waals surface area contributed by atoms with Crippen molar-refractivity contribution in [3.05, 3.63) is 23.2 Å². The van der Waals surface area contributed by atoms with Gasteiger partial charge >= 0.3 is 0 Å². The number of halogens is 1. The highest BCUT2D eigenvalue weighted by molar-refractivity contribution is 6.33. The summed E-state index contributed by atoms with van der Waals surface area (Å²) in [5, 5.41) is 9.01. The zero-order valence-corrected chi connectivity index (χ0v) is 16.2. The summed E-state index contributed by atoms with van der Waals surface area (Å²) >= 11 is 6.40. The molecule has 0 radical (unpaired) electrons. The summed E-state index contributed by atoms with van der Waals surface area (Å²) in [6, 6.07) is 5.27. The minimum Gasteiger partial charge on any atom is -0.359 e. The Morgan fingerprint density at radius 3 is 2.59 bits per heavy atom. The number of rotatable bonds is 4. The second-order valence-electron chi connectivity index (χ2n) is 7.22. The smallest absolute Gasteiger partial charge is 0.250 e. The molecule has 0 spiro atoms. The van der Waals surface area contributed by atoms with E-state index in [2.05, 4.69) is 16.0 Å². The predicted octanol–water partition coefficient (Wildman–Crippen LogP) is 2.05.